The van der Waals surface area contributed by atoms with Crippen molar-refractivity contribution in [2.75, 3.05) is 19.6 Å². The molecule has 3 rings (SSSR count). The van der Waals surface area contributed by atoms with E-state index in [2.05, 4.69) is 4.74 Å². The molecule has 1 spiro atoms. The number of carbonyl (C=O) groups is 2. The fraction of sp³-hybridized carbons (Fsp3) is 0.600. The van der Waals surface area contributed by atoms with Crippen LogP contribution >= 0.6 is 0 Å². The Labute approximate surface area is 174 Å². The molecule has 2 amide bonds. The minimum absolute atomic E-state index is 0.0983. The molecule has 1 aromatic rings. The van der Waals surface area contributed by atoms with E-state index in [-0.39, 0.29) is 31.8 Å². The summed E-state index contributed by atoms with van der Waals surface area (Å²) in [6, 6.07) is 7.05. The Morgan fingerprint density at radius 2 is 1.48 bits per heavy atom. The number of piperidine rings is 1. The molecule has 2 saturated heterocycles. The van der Waals surface area contributed by atoms with E-state index in [0.29, 0.717) is 18.5 Å². The van der Waals surface area contributed by atoms with E-state index >= 15 is 0 Å². The van der Waals surface area contributed by atoms with Gasteiger partial charge < -0.3 is 14.5 Å². The lowest BCUT2D eigenvalue weighted by Crippen LogP contribution is -2.56. The highest BCUT2D eigenvalue weighted by Gasteiger charge is 2.60. The smallest absolute Gasteiger partial charge is 0.426 e. The number of aryl methyl sites for hydroxylation is 1. The zero-order valence-electron chi connectivity index (χ0n) is 16.7. The number of alkyl halides is 6. The maximum absolute atomic E-state index is 13.0. The van der Waals surface area contributed by atoms with Crippen molar-refractivity contribution in [3.63, 3.8) is 0 Å². The van der Waals surface area contributed by atoms with Crippen LogP contribution in [0.25, 0.3) is 0 Å². The maximum Gasteiger partial charge on any atom is 0.434 e. The summed E-state index contributed by atoms with van der Waals surface area (Å²) < 4.78 is 79.7. The van der Waals surface area contributed by atoms with E-state index in [1.165, 1.54) is 0 Å². The van der Waals surface area contributed by atoms with Gasteiger partial charge in [-0.25, -0.2) is 4.79 Å². The van der Waals surface area contributed by atoms with Crippen LogP contribution < -0.4 is 0 Å². The third-order valence-electron chi connectivity index (χ3n) is 5.91. The van der Waals surface area contributed by atoms with E-state index in [1.807, 2.05) is 19.1 Å². The number of nitrogens with zero attached hydrogens (tertiary/aromatic N) is 2. The van der Waals surface area contributed by atoms with E-state index in [9.17, 15) is 35.9 Å². The first-order valence-corrected chi connectivity index (χ1v) is 9.81. The van der Waals surface area contributed by atoms with Crippen molar-refractivity contribution in [3.8, 4) is 0 Å². The third-order valence-corrected chi connectivity index (χ3v) is 5.91. The van der Waals surface area contributed by atoms with Gasteiger partial charge in [-0.05, 0) is 44.7 Å². The molecule has 0 unspecified atom stereocenters. The molecular formula is C20H22F6N2O3. The second kappa shape index (κ2) is 8.23. The Morgan fingerprint density at radius 1 is 0.935 bits per heavy atom. The van der Waals surface area contributed by atoms with Crippen molar-refractivity contribution in [2.24, 2.45) is 0 Å². The summed E-state index contributed by atoms with van der Waals surface area (Å²) in [5, 5.41) is 0. The molecular weight excluding hydrogens is 430 g/mol. The predicted molar refractivity (Wildman–Crippen MR) is 97.4 cm³/mol. The van der Waals surface area contributed by atoms with Crippen LogP contribution in [0.3, 0.4) is 0 Å². The number of benzene rings is 1. The number of hydrogen-bond donors (Lipinski definition) is 0. The number of likely N-dealkylation sites (tertiary alicyclic amines) is 2. The molecule has 0 aromatic heterocycles. The van der Waals surface area contributed by atoms with Gasteiger partial charge in [-0.1, -0.05) is 17.7 Å². The number of ether oxygens (including phenoxy) is 1. The van der Waals surface area contributed by atoms with Crippen LogP contribution in [0.4, 0.5) is 31.1 Å². The van der Waals surface area contributed by atoms with E-state index in [1.54, 1.807) is 17.0 Å². The molecule has 11 heteroatoms. The molecule has 0 saturated carbocycles. The number of amides is 2. The molecule has 5 nitrogen and oxygen atoms in total. The van der Waals surface area contributed by atoms with Gasteiger partial charge in [0.15, 0.2) is 0 Å². The van der Waals surface area contributed by atoms with Gasteiger partial charge in [0.2, 0.25) is 0 Å². The molecule has 0 aliphatic carbocycles. The Hall–Kier alpha value is -2.46. The highest BCUT2D eigenvalue weighted by molar-refractivity contribution is 5.95. The number of hydrogen-bond acceptors (Lipinski definition) is 3. The highest BCUT2D eigenvalue weighted by Crippen LogP contribution is 2.40. The zero-order valence-corrected chi connectivity index (χ0v) is 16.7. The van der Waals surface area contributed by atoms with Crippen LogP contribution in [0, 0.1) is 6.92 Å². The monoisotopic (exact) mass is 452 g/mol. The Morgan fingerprint density at radius 3 is 2.00 bits per heavy atom. The van der Waals surface area contributed by atoms with Gasteiger partial charge in [-0.2, -0.15) is 26.3 Å². The summed E-state index contributed by atoms with van der Waals surface area (Å²) in [6.45, 7) is 2.20. The van der Waals surface area contributed by atoms with Crippen LogP contribution in [0.15, 0.2) is 24.3 Å². The lowest BCUT2D eigenvalue weighted by atomic mass is 9.84. The number of carbonyl (C=O) groups excluding carboxylic acids is 2. The fourth-order valence-corrected chi connectivity index (χ4v) is 4.23. The van der Waals surface area contributed by atoms with Crippen molar-refractivity contribution >= 4 is 12.0 Å². The summed E-state index contributed by atoms with van der Waals surface area (Å²) in [7, 11) is 0. The van der Waals surface area contributed by atoms with Crippen LogP contribution in [0.1, 0.15) is 41.6 Å². The van der Waals surface area contributed by atoms with Crippen LogP contribution in [-0.4, -0.2) is 65.4 Å². The molecule has 0 N–H and O–H groups in total. The van der Waals surface area contributed by atoms with Gasteiger partial charge in [0.25, 0.3) is 12.0 Å². The third kappa shape index (κ3) is 4.90. The molecule has 2 fully saturated rings. The van der Waals surface area contributed by atoms with Gasteiger partial charge in [-0.3, -0.25) is 4.79 Å². The molecule has 1 aromatic carbocycles. The quantitative estimate of drug-likeness (QED) is 0.612. The van der Waals surface area contributed by atoms with Gasteiger partial charge in [-0.15, -0.1) is 0 Å². The first kappa shape index (κ1) is 23.2. The average molecular weight is 452 g/mol. The van der Waals surface area contributed by atoms with E-state index < -0.39 is 30.1 Å². The second-order valence-corrected chi connectivity index (χ2v) is 7.98. The van der Waals surface area contributed by atoms with Gasteiger partial charge >= 0.3 is 18.4 Å². The second-order valence-electron chi connectivity index (χ2n) is 7.98. The molecule has 31 heavy (non-hydrogen) atoms. The largest absolute Gasteiger partial charge is 0.434 e. The normalized spacial score (nSPS) is 19.2. The summed E-state index contributed by atoms with van der Waals surface area (Å²) in [6.07, 6.45) is -15.5. The lowest BCUT2D eigenvalue weighted by molar-refractivity contribution is -0.308. The molecule has 2 aliphatic rings. The summed E-state index contributed by atoms with van der Waals surface area (Å²) >= 11 is 0. The molecule has 0 bridgehead atoms. The molecule has 0 radical (unpaired) electrons. The van der Waals surface area contributed by atoms with Gasteiger partial charge in [0.1, 0.15) is 0 Å². The molecule has 2 aliphatic heterocycles. The summed E-state index contributed by atoms with van der Waals surface area (Å²) in [5.41, 5.74) is 0.925. The topological polar surface area (TPSA) is 49.9 Å². The van der Waals surface area contributed by atoms with Crippen molar-refractivity contribution < 1.29 is 40.7 Å². The van der Waals surface area contributed by atoms with E-state index in [4.69, 9.17) is 0 Å². The van der Waals surface area contributed by atoms with Crippen molar-refractivity contribution in [1.29, 1.82) is 0 Å². The highest BCUT2D eigenvalue weighted by atomic mass is 19.4. The summed E-state index contributed by atoms with van der Waals surface area (Å²) in [5.74, 6) is -0.178. The fourth-order valence-electron chi connectivity index (χ4n) is 4.23. The lowest BCUT2D eigenvalue weighted by Gasteiger charge is -2.44. The molecule has 2 heterocycles. The molecule has 172 valence electrons. The predicted octanol–water partition coefficient (Wildman–Crippen LogP) is 4.70. The van der Waals surface area contributed by atoms with Crippen molar-refractivity contribution in [1.82, 2.24) is 9.80 Å². The van der Waals surface area contributed by atoms with Crippen molar-refractivity contribution in [3.05, 3.63) is 35.4 Å². The van der Waals surface area contributed by atoms with Crippen LogP contribution in [0.5, 0.6) is 0 Å². The van der Waals surface area contributed by atoms with Crippen molar-refractivity contribution in [2.45, 2.75) is 56.6 Å². The molecule has 0 atom stereocenters. The standard InChI is InChI=1S/C20H22F6N2O3/c1-13-3-5-14(6-4-13)15(29)28-10-2-7-18(28)8-11-27(12-9-18)17(30)31-16(19(21,22)23)20(24,25)26/h3-6,16H,2,7-12H2,1H3. The Bertz CT molecular complexity index is 800. The minimum atomic E-state index is -5.76. The first-order valence-electron chi connectivity index (χ1n) is 9.81. The first-order chi connectivity index (χ1) is 14.3. The average Bonchev–Trinajstić information content (AvgIpc) is 3.07. The minimum Gasteiger partial charge on any atom is -0.426 e. The van der Waals surface area contributed by atoms with Gasteiger partial charge in [0.05, 0.1) is 0 Å². The summed E-state index contributed by atoms with van der Waals surface area (Å²) in [4.78, 5) is 27.5. The number of halogens is 6. The Kier molecular flexibility index (Phi) is 6.16. The SMILES string of the molecule is Cc1ccc(C(=O)N2CCCC23CCN(C(=O)OC(C(F)(F)F)C(F)(F)F)CC3)cc1. The zero-order chi connectivity index (χ0) is 23.0. The van der Waals surface area contributed by atoms with E-state index in [0.717, 1.165) is 16.9 Å². The van der Waals surface area contributed by atoms with Crippen LogP contribution in [0.2, 0.25) is 0 Å². The number of rotatable bonds is 2. The van der Waals surface area contributed by atoms with Crippen LogP contribution in [-0.2, 0) is 4.74 Å². The maximum atomic E-state index is 13.0. The Balaban J connectivity index is 1.66. The van der Waals surface area contributed by atoms with Gasteiger partial charge in [0, 0.05) is 30.7 Å².